The van der Waals surface area contributed by atoms with Gasteiger partial charge in [-0.05, 0) is 25.8 Å². The molecule has 1 nitrogen and oxygen atoms in total. The van der Waals surface area contributed by atoms with E-state index in [-0.39, 0.29) is 0 Å². The molecule has 0 aliphatic carbocycles. The number of rotatable bonds is 13. The predicted molar refractivity (Wildman–Crippen MR) is 79.6 cm³/mol. The fourth-order valence-electron chi connectivity index (χ4n) is 2.31. The Labute approximate surface area is 110 Å². The van der Waals surface area contributed by atoms with E-state index in [1.54, 1.807) is 0 Å². The molecule has 0 aromatic heterocycles. The fourth-order valence-corrected chi connectivity index (χ4v) is 2.31. The number of hydrogen-bond donors (Lipinski definition) is 1. The van der Waals surface area contributed by atoms with Crippen LogP contribution in [-0.4, -0.2) is 12.6 Å². The van der Waals surface area contributed by atoms with E-state index in [2.05, 4.69) is 26.1 Å². The van der Waals surface area contributed by atoms with Crippen LogP contribution in [0, 0.1) is 0 Å². The summed E-state index contributed by atoms with van der Waals surface area (Å²) in [7, 11) is 0. The third-order valence-corrected chi connectivity index (χ3v) is 3.53. The van der Waals surface area contributed by atoms with Crippen LogP contribution in [0.25, 0.3) is 0 Å². The summed E-state index contributed by atoms with van der Waals surface area (Å²) >= 11 is 0. The Morgan fingerprint density at radius 3 is 1.59 bits per heavy atom. The van der Waals surface area contributed by atoms with Crippen molar-refractivity contribution in [3.8, 4) is 0 Å². The van der Waals surface area contributed by atoms with Crippen LogP contribution < -0.4 is 5.32 Å². The molecule has 0 radical (unpaired) electrons. The third-order valence-electron chi connectivity index (χ3n) is 3.53. The maximum Gasteiger partial charge on any atom is 0.00670 e. The van der Waals surface area contributed by atoms with Crippen molar-refractivity contribution in [1.29, 1.82) is 0 Å². The molecule has 0 fully saturated rings. The molecule has 0 aliphatic heterocycles. The number of hydrogen-bond acceptors (Lipinski definition) is 1. The van der Waals surface area contributed by atoms with Crippen molar-refractivity contribution < 1.29 is 0 Å². The quantitative estimate of drug-likeness (QED) is 0.432. The van der Waals surface area contributed by atoms with Gasteiger partial charge in [-0.15, -0.1) is 0 Å². The molecule has 0 aromatic carbocycles. The van der Waals surface area contributed by atoms with Crippen molar-refractivity contribution in [3.05, 3.63) is 0 Å². The van der Waals surface area contributed by atoms with Gasteiger partial charge in [-0.3, -0.25) is 0 Å². The van der Waals surface area contributed by atoms with E-state index in [0.717, 1.165) is 6.04 Å². The van der Waals surface area contributed by atoms with Gasteiger partial charge in [0.05, 0.1) is 0 Å². The zero-order valence-electron chi connectivity index (χ0n) is 12.6. The molecule has 104 valence electrons. The highest BCUT2D eigenvalue weighted by molar-refractivity contribution is 4.67. The molecule has 0 rings (SSSR count). The standard InChI is InChI=1S/C16H35N/c1-4-7-10-13-16(14-11-8-5-2)17-15-12-9-6-3/h16-17H,4-15H2,1-3H3. The Bertz CT molecular complexity index is 123. The monoisotopic (exact) mass is 241 g/mol. The van der Waals surface area contributed by atoms with Crippen LogP contribution in [0.2, 0.25) is 0 Å². The second-order valence-corrected chi connectivity index (χ2v) is 5.35. The molecule has 1 heteroatoms. The third kappa shape index (κ3) is 12.2. The summed E-state index contributed by atoms with van der Waals surface area (Å²) in [6.07, 6.45) is 15.2. The Hall–Kier alpha value is -0.0400. The fraction of sp³-hybridized carbons (Fsp3) is 1.00. The largest absolute Gasteiger partial charge is 0.314 e. The van der Waals surface area contributed by atoms with Gasteiger partial charge in [-0.1, -0.05) is 72.1 Å². The highest BCUT2D eigenvalue weighted by Crippen LogP contribution is 2.11. The van der Waals surface area contributed by atoms with Crippen LogP contribution in [-0.2, 0) is 0 Å². The molecule has 0 atom stereocenters. The summed E-state index contributed by atoms with van der Waals surface area (Å²) in [5, 5.41) is 3.77. The average molecular weight is 241 g/mol. The molecule has 0 saturated carbocycles. The van der Waals surface area contributed by atoms with Gasteiger partial charge in [0.15, 0.2) is 0 Å². The lowest BCUT2D eigenvalue weighted by Crippen LogP contribution is -2.30. The topological polar surface area (TPSA) is 12.0 Å². The van der Waals surface area contributed by atoms with Crippen molar-refractivity contribution in [2.45, 2.75) is 97.4 Å². The first-order valence-corrected chi connectivity index (χ1v) is 8.08. The van der Waals surface area contributed by atoms with Gasteiger partial charge in [0, 0.05) is 6.04 Å². The molecule has 0 spiro atoms. The minimum atomic E-state index is 0.796. The molecule has 0 saturated heterocycles. The molecule has 0 unspecified atom stereocenters. The second kappa shape index (κ2) is 14.0. The summed E-state index contributed by atoms with van der Waals surface area (Å²) in [5.74, 6) is 0. The smallest absolute Gasteiger partial charge is 0.00670 e. The van der Waals surface area contributed by atoms with Gasteiger partial charge in [0.25, 0.3) is 0 Å². The van der Waals surface area contributed by atoms with Crippen molar-refractivity contribution >= 4 is 0 Å². The van der Waals surface area contributed by atoms with Gasteiger partial charge < -0.3 is 5.32 Å². The van der Waals surface area contributed by atoms with Crippen LogP contribution in [0.4, 0.5) is 0 Å². The first-order chi connectivity index (χ1) is 8.35. The van der Waals surface area contributed by atoms with E-state index in [0.29, 0.717) is 0 Å². The van der Waals surface area contributed by atoms with E-state index in [4.69, 9.17) is 0 Å². The molecule has 0 bridgehead atoms. The van der Waals surface area contributed by atoms with Gasteiger partial charge in [-0.25, -0.2) is 0 Å². The lowest BCUT2D eigenvalue weighted by Gasteiger charge is -2.18. The number of unbranched alkanes of at least 4 members (excludes halogenated alkanes) is 6. The predicted octanol–water partition coefficient (Wildman–Crippen LogP) is 5.30. The SMILES string of the molecule is CCCCCNC(CCCCC)CCCCC. The lowest BCUT2D eigenvalue weighted by molar-refractivity contribution is 0.413. The van der Waals surface area contributed by atoms with E-state index in [1.807, 2.05) is 0 Å². The normalized spacial score (nSPS) is 11.3. The maximum atomic E-state index is 3.77. The van der Waals surface area contributed by atoms with E-state index >= 15 is 0 Å². The van der Waals surface area contributed by atoms with Gasteiger partial charge in [0.2, 0.25) is 0 Å². The van der Waals surface area contributed by atoms with Crippen LogP contribution >= 0.6 is 0 Å². The summed E-state index contributed by atoms with van der Waals surface area (Å²) in [6.45, 7) is 8.10. The van der Waals surface area contributed by atoms with E-state index in [1.165, 1.54) is 77.2 Å². The molecule has 0 heterocycles. The highest BCUT2D eigenvalue weighted by atomic mass is 14.9. The first-order valence-electron chi connectivity index (χ1n) is 8.08. The molecular weight excluding hydrogens is 206 g/mol. The van der Waals surface area contributed by atoms with Gasteiger partial charge in [0.1, 0.15) is 0 Å². The van der Waals surface area contributed by atoms with Crippen LogP contribution in [0.1, 0.15) is 91.4 Å². The minimum absolute atomic E-state index is 0.796. The molecule has 0 amide bonds. The molecule has 0 aromatic rings. The summed E-state index contributed by atoms with van der Waals surface area (Å²) in [5.41, 5.74) is 0. The minimum Gasteiger partial charge on any atom is -0.314 e. The van der Waals surface area contributed by atoms with Gasteiger partial charge in [-0.2, -0.15) is 0 Å². The van der Waals surface area contributed by atoms with E-state index < -0.39 is 0 Å². The van der Waals surface area contributed by atoms with Gasteiger partial charge >= 0.3 is 0 Å². The van der Waals surface area contributed by atoms with Crippen molar-refractivity contribution in [2.24, 2.45) is 0 Å². The average Bonchev–Trinajstić information content (AvgIpc) is 2.34. The maximum absolute atomic E-state index is 3.77. The molecule has 0 aliphatic rings. The Balaban J connectivity index is 3.60. The second-order valence-electron chi connectivity index (χ2n) is 5.35. The summed E-state index contributed by atoms with van der Waals surface area (Å²) in [6, 6.07) is 0.796. The van der Waals surface area contributed by atoms with E-state index in [9.17, 15) is 0 Å². The van der Waals surface area contributed by atoms with Crippen LogP contribution in [0.15, 0.2) is 0 Å². The Morgan fingerprint density at radius 2 is 1.12 bits per heavy atom. The molecule has 17 heavy (non-hydrogen) atoms. The lowest BCUT2D eigenvalue weighted by atomic mass is 10.0. The van der Waals surface area contributed by atoms with Crippen molar-refractivity contribution in [2.75, 3.05) is 6.54 Å². The molecular formula is C16H35N. The summed E-state index contributed by atoms with van der Waals surface area (Å²) < 4.78 is 0. The molecule has 1 N–H and O–H groups in total. The van der Waals surface area contributed by atoms with Crippen molar-refractivity contribution in [3.63, 3.8) is 0 Å². The van der Waals surface area contributed by atoms with Crippen LogP contribution in [0.3, 0.4) is 0 Å². The Morgan fingerprint density at radius 1 is 0.647 bits per heavy atom. The van der Waals surface area contributed by atoms with Crippen LogP contribution in [0.5, 0.6) is 0 Å². The van der Waals surface area contributed by atoms with Crippen molar-refractivity contribution in [1.82, 2.24) is 5.32 Å². The first kappa shape index (κ1) is 17.0. The summed E-state index contributed by atoms with van der Waals surface area (Å²) in [4.78, 5) is 0. The Kier molecular flexibility index (Phi) is 14.0. The zero-order valence-corrected chi connectivity index (χ0v) is 12.6. The highest BCUT2D eigenvalue weighted by Gasteiger charge is 2.06. The number of nitrogens with one attached hydrogen (secondary N) is 1. The zero-order chi connectivity index (χ0) is 12.8.